The summed E-state index contributed by atoms with van der Waals surface area (Å²) in [7, 11) is 0. The molecule has 0 fully saturated rings. The molecule has 0 aliphatic carbocycles. The molecule has 3 nitrogen and oxygen atoms in total. The van der Waals surface area contributed by atoms with Gasteiger partial charge in [0.15, 0.2) is 0 Å². The normalized spacial score (nSPS) is 10.7. The summed E-state index contributed by atoms with van der Waals surface area (Å²) >= 11 is 0. The van der Waals surface area contributed by atoms with Crippen LogP contribution in [0, 0.1) is 6.92 Å². The van der Waals surface area contributed by atoms with Crippen LogP contribution >= 0.6 is 0 Å². The maximum atomic E-state index is 12.2. The molecular weight excluding hydrogens is 166 g/mol. The van der Waals surface area contributed by atoms with Gasteiger partial charge < -0.3 is 10.7 Å². The van der Waals surface area contributed by atoms with E-state index in [0.29, 0.717) is 0 Å². The minimum absolute atomic E-state index is 0.0231. The van der Waals surface area contributed by atoms with Crippen molar-refractivity contribution in [1.29, 1.82) is 0 Å². The highest BCUT2D eigenvalue weighted by molar-refractivity contribution is 5.48. The first-order valence-electron chi connectivity index (χ1n) is 3.30. The Balaban J connectivity index is 3.43. The highest BCUT2D eigenvalue weighted by Crippen LogP contribution is 2.25. The molecule has 0 atom stereocenters. The second-order valence-electron chi connectivity index (χ2n) is 2.41. The summed E-state index contributed by atoms with van der Waals surface area (Å²) in [5, 5.41) is 0. The molecule has 12 heavy (non-hydrogen) atoms. The van der Waals surface area contributed by atoms with Crippen molar-refractivity contribution in [3.8, 4) is 0 Å². The Bertz CT molecular complexity index is 346. The van der Waals surface area contributed by atoms with Crippen molar-refractivity contribution >= 4 is 5.69 Å². The molecule has 0 aliphatic rings. The second kappa shape index (κ2) is 2.92. The molecule has 1 aromatic heterocycles. The van der Waals surface area contributed by atoms with Crippen LogP contribution in [0.2, 0.25) is 0 Å². The number of nitrogen functional groups attached to an aromatic ring is 1. The third-order valence-electron chi connectivity index (χ3n) is 1.63. The number of rotatable bonds is 1. The molecule has 5 heteroatoms. The summed E-state index contributed by atoms with van der Waals surface area (Å²) < 4.78 is 24.5. The fourth-order valence-corrected chi connectivity index (χ4v) is 0.958. The van der Waals surface area contributed by atoms with Crippen LogP contribution in [0.25, 0.3) is 0 Å². The number of hydrogen-bond acceptors (Lipinski definition) is 2. The lowest BCUT2D eigenvalue weighted by atomic mass is 10.1. The molecule has 1 heterocycles. The molecular formula is C7H8F2N2O. The summed E-state index contributed by atoms with van der Waals surface area (Å²) in [5.41, 5.74) is 4.23. The lowest BCUT2D eigenvalue weighted by Crippen LogP contribution is -2.14. The van der Waals surface area contributed by atoms with E-state index in [2.05, 4.69) is 4.98 Å². The zero-order valence-electron chi connectivity index (χ0n) is 6.40. The largest absolute Gasteiger partial charge is 0.397 e. The molecule has 0 amide bonds. The standard InChI is InChI=1S/C7H8F2N2O/c1-3-5(6(8)9)4(10)2-11-7(3)12/h2,6H,10H2,1H3,(H,11,12). The van der Waals surface area contributed by atoms with E-state index in [1.54, 1.807) is 0 Å². The number of nitrogens with two attached hydrogens (primary N) is 1. The van der Waals surface area contributed by atoms with Crippen LogP contribution in [0.4, 0.5) is 14.5 Å². The highest BCUT2D eigenvalue weighted by atomic mass is 19.3. The monoisotopic (exact) mass is 174 g/mol. The van der Waals surface area contributed by atoms with E-state index < -0.39 is 12.0 Å². The minimum Gasteiger partial charge on any atom is -0.397 e. The molecule has 3 N–H and O–H groups in total. The quantitative estimate of drug-likeness (QED) is 0.672. The maximum absolute atomic E-state index is 12.2. The lowest BCUT2D eigenvalue weighted by Gasteiger charge is -2.05. The number of alkyl halides is 2. The SMILES string of the molecule is Cc1c(C(F)F)c(N)c[nH]c1=O. The number of halogens is 2. The van der Waals surface area contributed by atoms with E-state index in [1.165, 1.54) is 6.92 Å². The number of anilines is 1. The molecule has 0 radical (unpaired) electrons. The average molecular weight is 174 g/mol. The topological polar surface area (TPSA) is 58.9 Å². The van der Waals surface area contributed by atoms with Crippen molar-refractivity contribution in [2.45, 2.75) is 13.3 Å². The Morgan fingerprint density at radius 2 is 2.17 bits per heavy atom. The molecule has 0 spiro atoms. The van der Waals surface area contributed by atoms with Crippen LogP contribution in [0.3, 0.4) is 0 Å². The zero-order valence-corrected chi connectivity index (χ0v) is 6.40. The summed E-state index contributed by atoms with van der Waals surface area (Å²) in [5.74, 6) is 0. The van der Waals surface area contributed by atoms with Crippen molar-refractivity contribution in [3.63, 3.8) is 0 Å². The van der Waals surface area contributed by atoms with Gasteiger partial charge in [0.2, 0.25) is 0 Å². The van der Waals surface area contributed by atoms with Crippen molar-refractivity contribution in [1.82, 2.24) is 4.98 Å². The molecule has 0 bridgehead atoms. The van der Waals surface area contributed by atoms with E-state index in [-0.39, 0.29) is 16.8 Å². The number of nitrogens with one attached hydrogen (secondary N) is 1. The van der Waals surface area contributed by atoms with Crippen LogP contribution in [-0.4, -0.2) is 4.98 Å². The fraction of sp³-hybridized carbons (Fsp3) is 0.286. The molecule has 0 saturated carbocycles. The molecule has 1 rings (SSSR count). The van der Waals surface area contributed by atoms with Crippen molar-refractivity contribution in [2.24, 2.45) is 0 Å². The van der Waals surface area contributed by atoms with E-state index in [0.717, 1.165) is 6.20 Å². The van der Waals surface area contributed by atoms with Crippen LogP contribution in [0.1, 0.15) is 17.6 Å². The summed E-state index contributed by atoms with van der Waals surface area (Å²) in [6, 6.07) is 0. The Hall–Kier alpha value is -1.39. The van der Waals surface area contributed by atoms with E-state index in [1.807, 2.05) is 0 Å². The van der Waals surface area contributed by atoms with E-state index in [9.17, 15) is 13.6 Å². The average Bonchev–Trinajstić information content (AvgIpc) is 1.97. The number of hydrogen-bond donors (Lipinski definition) is 2. The van der Waals surface area contributed by atoms with Crippen molar-refractivity contribution in [3.05, 3.63) is 27.7 Å². The first-order valence-corrected chi connectivity index (χ1v) is 3.30. The van der Waals surface area contributed by atoms with Gasteiger partial charge in [0.25, 0.3) is 12.0 Å². The summed E-state index contributed by atoms with van der Waals surface area (Å²) in [4.78, 5) is 13.1. The van der Waals surface area contributed by atoms with Crippen LogP contribution in [-0.2, 0) is 0 Å². The number of aromatic nitrogens is 1. The Morgan fingerprint density at radius 3 is 2.58 bits per heavy atom. The van der Waals surface area contributed by atoms with Crippen molar-refractivity contribution < 1.29 is 8.78 Å². The van der Waals surface area contributed by atoms with Crippen molar-refractivity contribution in [2.75, 3.05) is 5.73 Å². The summed E-state index contributed by atoms with van der Waals surface area (Å²) in [6.07, 6.45) is -1.62. The fourth-order valence-electron chi connectivity index (χ4n) is 0.958. The zero-order chi connectivity index (χ0) is 9.30. The van der Waals surface area contributed by atoms with E-state index in [4.69, 9.17) is 5.73 Å². The smallest absolute Gasteiger partial charge is 0.266 e. The van der Waals surface area contributed by atoms with Gasteiger partial charge in [0.05, 0.1) is 11.3 Å². The maximum Gasteiger partial charge on any atom is 0.266 e. The van der Waals surface area contributed by atoms with Gasteiger partial charge in [0.1, 0.15) is 0 Å². The first-order chi connectivity index (χ1) is 5.54. The molecule has 0 saturated heterocycles. The van der Waals surface area contributed by atoms with Gasteiger partial charge in [-0.25, -0.2) is 8.78 Å². The third kappa shape index (κ3) is 1.30. The molecule has 0 unspecified atom stereocenters. The predicted octanol–water partition coefficient (Wildman–Crippen LogP) is 1.20. The Labute approximate surface area is 67.2 Å². The molecule has 0 aromatic carbocycles. The van der Waals surface area contributed by atoms with Crippen LogP contribution in [0.5, 0.6) is 0 Å². The van der Waals surface area contributed by atoms with Gasteiger partial charge in [-0.05, 0) is 6.92 Å². The summed E-state index contributed by atoms with van der Waals surface area (Å²) in [6.45, 7) is 1.32. The van der Waals surface area contributed by atoms with Gasteiger partial charge in [0, 0.05) is 11.8 Å². The number of H-pyrrole nitrogens is 1. The van der Waals surface area contributed by atoms with Gasteiger partial charge in [-0.15, -0.1) is 0 Å². The molecule has 66 valence electrons. The number of pyridine rings is 1. The third-order valence-corrected chi connectivity index (χ3v) is 1.63. The Morgan fingerprint density at radius 1 is 1.58 bits per heavy atom. The second-order valence-corrected chi connectivity index (χ2v) is 2.41. The van der Waals surface area contributed by atoms with Gasteiger partial charge >= 0.3 is 0 Å². The lowest BCUT2D eigenvalue weighted by molar-refractivity contribution is 0.151. The first kappa shape index (κ1) is 8.70. The van der Waals surface area contributed by atoms with Crippen LogP contribution < -0.4 is 11.3 Å². The molecule has 1 aromatic rings. The Kier molecular flexibility index (Phi) is 2.12. The molecule has 0 aliphatic heterocycles. The predicted molar refractivity (Wildman–Crippen MR) is 41.2 cm³/mol. The van der Waals surface area contributed by atoms with Crippen LogP contribution in [0.15, 0.2) is 11.0 Å². The van der Waals surface area contributed by atoms with E-state index >= 15 is 0 Å². The minimum atomic E-state index is -2.70. The van der Waals surface area contributed by atoms with Gasteiger partial charge in [-0.2, -0.15) is 0 Å². The number of aromatic amines is 1. The highest BCUT2D eigenvalue weighted by Gasteiger charge is 2.15. The van der Waals surface area contributed by atoms with Gasteiger partial charge in [-0.1, -0.05) is 0 Å². The van der Waals surface area contributed by atoms with Gasteiger partial charge in [-0.3, -0.25) is 4.79 Å².